The first kappa shape index (κ1) is 12.0. The summed E-state index contributed by atoms with van der Waals surface area (Å²) in [4.78, 5) is 2.25. The first-order chi connectivity index (χ1) is 9.83. The SMILES string of the molecule is S=c1[nH]nc(N2CCOc3ccccc3C2)n1C1CC1. The molecule has 0 radical (unpaired) electrons. The lowest BCUT2D eigenvalue weighted by Gasteiger charge is -2.21. The van der Waals surface area contributed by atoms with Crippen molar-refractivity contribution in [1.82, 2.24) is 14.8 Å². The third-order valence-electron chi connectivity index (χ3n) is 3.83. The molecule has 1 aromatic heterocycles. The fraction of sp³-hybridized carbons (Fsp3) is 0.429. The number of rotatable bonds is 2. The molecule has 104 valence electrons. The molecule has 0 atom stereocenters. The van der Waals surface area contributed by atoms with Crippen LogP contribution in [0.15, 0.2) is 24.3 Å². The molecule has 0 spiro atoms. The summed E-state index contributed by atoms with van der Waals surface area (Å²) in [5.41, 5.74) is 1.20. The molecule has 5 nitrogen and oxygen atoms in total. The number of hydrogen-bond acceptors (Lipinski definition) is 4. The number of aromatic amines is 1. The standard InChI is InChI=1S/C14H16N4OS/c20-14-16-15-13(18(14)11-5-6-11)17-7-8-19-12-4-2-1-3-10(12)9-17/h1-4,11H,5-9H2,(H,16,20). The highest BCUT2D eigenvalue weighted by molar-refractivity contribution is 7.71. The Morgan fingerprint density at radius 3 is 3.00 bits per heavy atom. The van der Waals surface area contributed by atoms with E-state index in [1.807, 2.05) is 18.2 Å². The van der Waals surface area contributed by atoms with Gasteiger partial charge in [0.2, 0.25) is 5.95 Å². The third kappa shape index (κ3) is 2.00. The Kier molecular flexibility index (Phi) is 2.77. The summed E-state index contributed by atoms with van der Waals surface area (Å²) in [5.74, 6) is 1.92. The van der Waals surface area contributed by atoms with Crippen LogP contribution in [-0.4, -0.2) is 27.9 Å². The highest BCUT2D eigenvalue weighted by atomic mass is 32.1. The van der Waals surface area contributed by atoms with Gasteiger partial charge in [-0.1, -0.05) is 18.2 Å². The van der Waals surface area contributed by atoms with Gasteiger partial charge in [0.1, 0.15) is 12.4 Å². The van der Waals surface area contributed by atoms with Crippen molar-refractivity contribution in [1.29, 1.82) is 0 Å². The molecule has 1 saturated carbocycles. The van der Waals surface area contributed by atoms with Gasteiger partial charge in [0, 0.05) is 18.2 Å². The summed E-state index contributed by atoms with van der Waals surface area (Å²) in [5, 5.41) is 7.36. The molecule has 0 unspecified atom stereocenters. The summed E-state index contributed by atoms with van der Waals surface area (Å²) >= 11 is 5.36. The maximum atomic E-state index is 5.81. The van der Waals surface area contributed by atoms with Gasteiger partial charge >= 0.3 is 0 Å². The minimum absolute atomic E-state index is 0.524. The molecule has 2 aliphatic rings. The van der Waals surface area contributed by atoms with Crippen LogP contribution >= 0.6 is 12.2 Å². The van der Waals surface area contributed by atoms with Crippen LogP contribution in [0.1, 0.15) is 24.4 Å². The number of anilines is 1. The second-order valence-electron chi connectivity index (χ2n) is 5.31. The van der Waals surface area contributed by atoms with Crippen LogP contribution < -0.4 is 9.64 Å². The van der Waals surface area contributed by atoms with Crippen LogP contribution in [0.2, 0.25) is 0 Å². The fourth-order valence-corrected chi connectivity index (χ4v) is 2.95. The number of H-pyrrole nitrogens is 1. The number of aromatic nitrogens is 3. The molecule has 1 aliphatic carbocycles. The molecular formula is C14H16N4OS. The lowest BCUT2D eigenvalue weighted by Crippen LogP contribution is -2.28. The van der Waals surface area contributed by atoms with Crippen molar-refractivity contribution in [2.45, 2.75) is 25.4 Å². The summed E-state index contributed by atoms with van der Waals surface area (Å²) in [6, 6.07) is 8.71. The predicted molar refractivity (Wildman–Crippen MR) is 78.7 cm³/mol. The largest absolute Gasteiger partial charge is 0.491 e. The van der Waals surface area contributed by atoms with Gasteiger partial charge in [0.15, 0.2) is 4.77 Å². The molecule has 1 N–H and O–H groups in total. The zero-order valence-electron chi connectivity index (χ0n) is 11.1. The highest BCUT2D eigenvalue weighted by Gasteiger charge is 2.30. The number of nitrogens with zero attached hydrogens (tertiary/aromatic N) is 3. The molecule has 4 rings (SSSR count). The lowest BCUT2D eigenvalue weighted by molar-refractivity contribution is 0.331. The van der Waals surface area contributed by atoms with E-state index in [0.29, 0.717) is 12.6 Å². The summed E-state index contributed by atoms with van der Waals surface area (Å²) < 4.78 is 8.69. The Morgan fingerprint density at radius 1 is 1.30 bits per heavy atom. The monoisotopic (exact) mass is 288 g/mol. The van der Waals surface area contributed by atoms with Gasteiger partial charge in [-0.15, -0.1) is 5.10 Å². The molecule has 2 aromatic rings. The zero-order valence-corrected chi connectivity index (χ0v) is 11.9. The van der Waals surface area contributed by atoms with Gasteiger partial charge in [0.25, 0.3) is 0 Å². The Hall–Kier alpha value is -1.82. The normalized spacial score (nSPS) is 18.3. The first-order valence-corrected chi connectivity index (χ1v) is 7.36. The van der Waals surface area contributed by atoms with E-state index in [1.54, 1.807) is 0 Å². The van der Waals surface area contributed by atoms with Crippen LogP contribution in [0.3, 0.4) is 0 Å². The first-order valence-electron chi connectivity index (χ1n) is 6.95. The van der Waals surface area contributed by atoms with Gasteiger partial charge in [-0.2, -0.15) is 0 Å². The maximum absolute atomic E-state index is 5.81. The topological polar surface area (TPSA) is 46.1 Å². The van der Waals surface area contributed by atoms with E-state index in [0.717, 1.165) is 29.6 Å². The number of para-hydroxylation sites is 1. The number of ether oxygens (including phenoxy) is 1. The van der Waals surface area contributed by atoms with Crippen LogP contribution in [0, 0.1) is 4.77 Å². The molecular weight excluding hydrogens is 272 g/mol. The molecule has 1 fully saturated rings. The van der Waals surface area contributed by atoms with E-state index in [9.17, 15) is 0 Å². The highest BCUT2D eigenvalue weighted by Crippen LogP contribution is 2.38. The van der Waals surface area contributed by atoms with Gasteiger partial charge in [-0.25, -0.2) is 5.10 Å². The Labute approximate surface area is 122 Å². The Bertz CT molecular complexity index is 688. The second-order valence-corrected chi connectivity index (χ2v) is 5.69. The molecule has 1 aliphatic heterocycles. The van der Waals surface area contributed by atoms with Gasteiger partial charge in [-0.3, -0.25) is 4.57 Å². The van der Waals surface area contributed by atoms with E-state index in [2.05, 4.69) is 25.7 Å². The van der Waals surface area contributed by atoms with Crippen molar-refractivity contribution in [2.24, 2.45) is 0 Å². The van der Waals surface area contributed by atoms with Gasteiger partial charge in [0.05, 0.1) is 6.54 Å². The van der Waals surface area contributed by atoms with Gasteiger partial charge < -0.3 is 9.64 Å². The van der Waals surface area contributed by atoms with E-state index in [-0.39, 0.29) is 0 Å². The van der Waals surface area contributed by atoms with E-state index >= 15 is 0 Å². The minimum atomic E-state index is 0.524. The lowest BCUT2D eigenvalue weighted by atomic mass is 10.2. The maximum Gasteiger partial charge on any atom is 0.226 e. The van der Waals surface area contributed by atoms with E-state index in [1.165, 1.54) is 18.4 Å². The Morgan fingerprint density at radius 2 is 2.15 bits per heavy atom. The number of nitrogens with one attached hydrogen (secondary N) is 1. The van der Waals surface area contributed by atoms with Crippen LogP contribution in [0.5, 0.6) is 5.75 Å². The molecule has 1 aromatic carbocycles. The van der Waals surface area contributed by atoms with E-state index in [4.69, 9.17) is 17.0 Å². The molecule has 2 heterocycles. The predicted octanol–water partition coefficient (Wildman–Crippen LogP) is 2.67. The van der Waals surface area contributed by atoms with Gasteiger partial charge in [-0.05, 0) is 31.1 Å². The molecule has 20 heavy (non-hydrogen) atoms. The fourth-order valence-electron chi connectivity index (χ4n) is 2.68. The number of fused-ring (bicyclic) bond motifs is 1. The molecule has 0 amide bonds. The van der Waals surface area contributed by atoms with Crippen LogP contribution in [0.4, 0.5) is 5.95 Å². The minimum Gasteiger partial charge on any atom is -0.491 e. The second kappa shape index (κ2) is 4.63. The van der Waals surface area contributed by atoms with Crippen molar-refractivity contribution < 1.29 is 4.74 Å². The average molecular weight is 288 g/mol. The summed E-state index contributed by atoms with van der Waals surface area (Å²) in [7, 11) is 0. The van der Waals surface area contributed by atoms with Crippen LogP contribution in [-0.2, 0) is 6.54 Å². The number of benzene rings is 1. The van der Waals surface area contributed by atoms with E-state index < -0.39 is 0 Å². The van der Waals surface area contributed by atoms with Crippen molar-refractivity contribution >= 4 is 18.2 Å². The number of hydrogen-bond donors (Lipinski definition) is 1. The Balaban J connectivity index is 1.71. The van der Waals surface area contributed by atoms with Crippen molar-refractivity contribution in [3.63, 3.8) is 0 Å². The molecule has 0 bridgehead atoms. The summed E-state index contributed by atoms with van der Waals surface area (Å²) in [6.45, 7) is 2.30. The quantitative estimate of drug-likeness (QED) is 0.863. The average Bonchev–Trinajstić information content (AvgIpc) is 3.25. The molecule has 0 saturated heterocycles. The van der Waals surface area contributed by atoms with Crippen molar-refractivity contribution in [3.8, 4) is 5.75 Å². The van der Waals surface area contributed by atoms with Crippen LogP contribution in [0.25, 0.3) is 0 Å². The van der Waals surface area contributed by atoms with Crippen molar-refractivity contribution in [3.05, 3.63) is 34.6 Å². The third-order valence-corrected chi connectivity index (χ3v) is 4.12. The smallest absolute Gasteiger partial charge is 0.226 e. The molecule has 6 heteroatoms. The zero-order chi connectivity index (χ0) is 13.5. The van der Waals surface area contributed by atoms with Crippen molar-refractivity contribution in [2.75, 3.05) is 18.1 Å². The summed E-state index contributed by atoms with van der Waals surface area (Å²) in [6.07, 6.45) is 2.39.